The van der Waals surface area contributed by atoms with Gasteiger partial charge in [-0.3, -0.25) is 0 Å². The minimum atomic E-state index is 0.758. The number of rotatable bonds is 1. The lowest BCUT2D eigenvalue weighted by atomic mass is 10.1. The van der Waals surface area contributed by atoms with E-state index in [2.05, 4.69) is 5.32 Å². The summed E-state index contributed by atoms with van der Waals surface area (Å²) >= 11 is 4.97. The van der Waals surface area contributed by atoms with E-state index >= 15 is 0 Å². The van der Waals surface area contributed by atoms with Crippen molar-refractivity contribution in [2.75, 3.05) is 11.1 Å². The van der Waals surface area contributed by atoms with Crippen LogP contribution in [0.5, 0.6) is 0 Å². The summed E-state index contributed by atoms with van der Waals surface area (Å²) in [5.41, 5.74) is 9.81. The van der Waals surface area contributed by atoms with Crippen LogP contribution < -0.4 is 11.1 Å². The van der Waals surface area contributed by atoms with Crippen molar-refractivity contribution in [3.8, 4) is 0 Å². The lowest BCUT2D eigenvalue weighted by Crippen LogP contribution is -2.06. The minimum Gasteiger partial charge on any atom is -0.398 e. The molecule has 13 heavy (non-hydrogen) atoms. The highest BCUT2D eigenvalue weighted by Crippen LogP contribution is 2.23. The zero-order valence-electron chi connectivity index (χ0n) is 8.14. The van der Waals surface area contributed by atoms with Gasteiger partial charge in [0.2, 0.25) is 0 Å². The van der Waals surface area contributed by atoms with Crippen molar-refractivity contribution in [2.24, 2.45) is 0 Å². The molecule has 0 fully saturated rings. The lowest BCUT2D eigenvalue weighted by molar-refractivity contribution is 1.39. The third-order valence-corrected chi connectivity index (χ3v) is 2.00. The molecule has 0 aliphatic rings. The summed E-state index contributed by atoms with van der Waals surface area (Å²) in [7, 11) is 0. The van der Waals surface area contributed by atoms with Crippen LogP contribution in [-0.2, 0) is 0 Å². The number of nitrogen functional groups attached to an aromatic ring is 1. The Balaban J connectivity index is 3.12. The second-order valence-electron chi connectivity index (χ2n) is 3.21. The first-order valence-corrected chi connectivity index (χ1v) is 4.56. The van der Waals surface area contributed by atoms with Gasteiger partial charge in [-0.2, -0.15) is 0 Å². The number of thiocarbonyl (C=S) groups is 1. The molecule has 1 aromatic rings. The first-order chi connectivity index (χ1) is 6.00. The van der Waals surface area contributed by atoms with Crippen molar-refractivity contribution < 1.29 is 0 Å². The standard InChI is InChI=1S/C10H14N2S/c1-6-4-9(11)7(2)10(5-6)12-8(3)13/h4-5H,11H2,1-3H3,(H,12,13). The molecular formula is C10H14N2S. The van der Waals surface area contributed by atoms with Gasteiger partial charge in [0, 0.05) is 11.4 Å². The Hall–Kier alpha value is -1.09. The van der Waals surface area contributed by atoms with E-state index in [-0.39, 0.29) is 0 Å². The first-order valence-electron chi connectivity index (χ1n) is 4.15. The number of nitrogens with two attached hydrogens (primary N) is 1. The van der Waals surface area contributed by atoms with E-state index in [1.54, 1.807) is 0 Å². The van der Waals surface area contributed by atoms with Crippen molar-refractivity contribution in [3.05, 3.63) is 23.3 Å². The van der Waals surface area contributed by atoms with Gasteiger partial charge >= 0.3 is 0 Å². The fourth-order valence-corrected chi connectivity index (χ4v) is 1.32. The summed E-state index contributed by atoms with van der Waals surface area (Å²) < 4.78 is 0. The van der Waals surface area contributed by atoms with Crippen LogP contribution in [0.15, 0.2) is 12.1 Å². The molecule has 3 N–H and O–H groups in total. The van der Waals surface area contributed by atoms with E-state index in [0.29, 0.717) is 0 Å². The Bertz CT molecular complexity index is 345. The molecule has 0 aliphatic heterocycles. The monoisotopic (exact) mass is 194 g/mol. The molecule has 0 aromatic heterocycles. The fraction of sp³-hybridized carbons (Fsp3) is 0.300. The second-order valence-corrected chi connectivity index (χ2v) is 3.82. The number of aryl methyl sites for hydroxylation is 1. The largest absolute Gasteiger partial charge is 0.398 e. The summed E-state index contributed by atoms with van der Waals surface area (Å²) in [6.45, 7) is 5.85. The maximum atomic E-state index is 5.81. The molecule has 70 valence electrons. The quantitative estimate of drug-likeness (QED) is 0.533. The number of hydrogen-bond donors (Lipinski definition) is 2. The van der Waals surface area contributed by atoms with Crippen molar-refractivity contribution in [2.45, 2.75) is 20.8 Å². The smallest absolute Gasteiger partial charge is 0.0765 e. The lowest BCUT2D eigenvalue weighted by Gasteiger charge is -2.11. The van der Waals surface area contributed by atoms with E-state index in [4.69, 9.17) is 18.0 Å². The van der Waals surface area contributed by atoms with Gasteiger partial charge in [-0.25, -0.2) is 0 Å². The summed E-state index contributed by atoms with van der Waals surface area (Å²) in [5.74, 6) is 0. The molecule has 0 bridgehead atoms. The third kappa shape index (κ3) is 2.42. The number of hydrogen-bond acceptors (Lipinski definition) is 2. The normalized spacial score (nSPS) is 9.77. The molecule has 0 aliphatic carbocycles. The number of anilines is 2. The van der Waals surface area contributed by atoms with Gasteiger partial charge in [-0.1, -0.05) is 12.2 Å². The van der Waals surface area contributed by atoms with E-state index in [1.165, 1.54) is 0 Å². The predicted molar refractivity (Wildman–Crippen MR) is 62.2 cm³/mol. The van der Waals surface area contributed by atoms with Crippen LogP contribution >= 0.6 is 12.2 Å². The molecule has 0 radical (unpaired) electrons. The number of nitrogens with one attached hydrogen (secondary N) is 1. The van der Waals surface area contributed by atoms with Crippen LogP contribution in [0.2, 0.25) is 0 Å². The summed E-state index contributed by atoms with van der Waals surface area (Å²) in [5, 5.41) is 3.11. The Morgan fingerprint density at radius 2 is 2.00 bits per heavy atom. The van der Waals surface area contributed by atoms with Crippen molar-refractivity contribution in [1.82, 2.24) is 0 Å². The van der Waals surface area contributed by atoms with Gasteiger partial charge in [0.25, 0.3) is 0 Å². The molecule has 0 atom stereocenters. The minimum absolute atomic E-state index is 0.758. The van der Waals surface area contributed by atoms with E-state index in [0.717, 1.165) is 27.5 Å². The fourth-order valence-electron chi connectivity index (χ4n) is 1.21. The molecule has 0 amide bonds. The highest BCUT2D eigenvalue weighted by Gasteiger charge is 2.02. The van der Waals surface area contributed by atoms with Gasteiger partial charge in [-0.15, -0.1) is 0 Å². The van der Waals surface area contributed by atoms with E-state index in [1.807, 2.05) is 32.9 Å². The van der Waals surface area contributed by atoms with Crippen LogP contribution in [0, 0.1) is 13.8 Å². The topological polar surface area (TPSA) is 38.0 Å². The van der Waals surface area contributed by atoms with Crippen LogP contribution in [0.3, 0.4) is 0 Å². The third-order valence-electron chi connectivity index (χ3n) is 1.90. The molecule has 1 rings (SSSR count). The summed E-state index contributed by atoms with van der Waals surface area (Å²) in [6.07, 6.45) is 0. The zero-order chi connectivity index (χ0) is 10.0. The van der Waals surface area contributed by atoms with E-state index in [9.17, 15) is 0 Å². The molecule has 0 unspecified atom stereocenters. The summed E-state index contributed by atoms with van der Waals surface area (Å²) in [4.78, 5) is 0.758. The summed E-state index contributed by atoms with van der Waals surface area (Å²) in [6, 6.07) is 4.00. The van der Waals surface area contributed by atoms with E-state index < -0.39 is 0 Å². The molecule has 0 spiro atoms. The molecule has 3 heteroatoms. The van der Waals surface area contributed by atoms with Crippen LogP contribution in [0.1, 0.15) is 18.1 Å². The Morgan fingerprint density at radius 1 is 1.38 bits per heavy atom. The molecule has 0 saturated heterocycles. The Kier molecular flexibility index (Phi) is 2.88. The van der Waals surface area contributed by atoms with Gasteiger partial charge in [0.15, 0.2) is 0 Å². The SMILES string of the molecule is CC(=S)Nc1cc(C)cc(N)c1C. The Labute approximate surface area is 84.1 Å². The average Bonchev–Trinajstić information content (AvgIpc) is 1.98. The molecule has 0 heterocycles. The van der Waals surface area contributed by atoms with Crippen LogP contribution in [0.25, 0.3) is 0 Å². The van der Waals surface area contributed by atoms with Crippen molar-refractivity contribution >= 4 is 28.6 Å². The molecule has 1 aromatic carbocycles. The molecule has 2 nitrogen and oxygen atoms in total. The van der Waals surface area contributed by atoms with Gasteiger partial charge in [0.1, 0.15) is 0 Å². The number of benzene rings is 1. The highest BCUT2D eigenvalue weighted by atomic mass is 32.1. The van der Waals surface area contributed by atoms with Crippen LogP contribution in [-0.4, -0.2) is 4.99 Å². The maximum Gasteiger partial charge on any atom is 0.0765 e. The van der Waals surface area contributed by atoms with Gasteiger partial charge < -0.3 is 11.1 Å². The highest BCUT2D eigenvalue weighted by molar-refractivity contribution is 7.80. The first kappa shape index (κ1) is 9.99. The predicted octanol–water partition coefficient (Wildman–Crippen LogP) is 2.64. The maximum absolute atomic E-state index is 5.81. The molecular weight excluding hydrogens is 180 g/mol. The average molecular weight is 194 g/mol. The van der Waals surface area contributed by atoms with Crippen molar-refractivity contribution in [1.29, 1.82) is 0 Å². The van der Waals surface area contributed by atoms with Gasteiger partial charge in [-0.05, 0) is 44.0 Å². The molecule has 0 saturated carbocycles. The second kappa shape index (κ2) is 3.75. The Morgan fingerprint density at radius 3 is 2.54 bits per heavy atom. The van der Waals surface area contributed by atoms with Crippen LogP contribution in [0.4, 0.5) is 11.4 Å². The van der Waals surface area contributed by atoms with Gasteiger partial charge in [0.05, 0.1) is 4.99 Å². The zero-order valence-corrected chi connectivity index (χ0v) is 8.96. The van der Waals surface area contributed by atoms with Crippen molar-refractivity contribution in [3.63, 3.8) is 0 Å².